The summed E-state index contributed by atoms with van der Waals surface area (Å²) >= 11 is 1.79. The number of benzene rings is 1. The zero-order chi connectivity index (χ0) is 13.9. The van der Waals surface area contributed by atoms with Crippen molar-refractivity contribution in [1.29, 1.82) is 0 Å². The number of aromatic nitrogens is 1. The monoisotopic (exact) mass is 287 g/mol. The predicted octanol–water partition coefficient (Wildman–Crippen LogP) is 2.74. The molecule has 4 heteroatoms. The Labute approximate surface area is 124 Å². The minimum absolute atomic E-state index is 0.425. The van der Waals surface area contributed by atoms with Crippen LogP contribution in [-0.2, 0) is 13.0 Å². The fourth-order valence-electron chi connectivity index (χ4n) is 2.84. The first-order chi connectivity index (χ1) is 9.74. The summed E-state index contributed by atoms with van der Waals surface area (Å²) in [5.74, 6) is 0. The number of hydrogen-bond donors (Lipinski definition) is 2. The van der Waals surface area contributed by atoms with Crippen molar-refractivity contribution in [1.82, 2.24) is 15.6 Å². The van der Waals surface area contributed by atoms with E-state index in [1.165, 1.54) is 16.0 Å². The van der Waals surface area contributed by atoms with Gasteiger partial charge < -0.3 is 10.6 Å². The van der Waals surface area contributed by atoms with Crippen molar-refractivity contribution in [3.05, 3.63) is 51.0 Å². The number of rotatable bonds is 4. The topological polar surface area (TPSA) is 37.0 Å². The molecule has 3 nitrogen and oxygen atoms in total. The smallest absolute Gasteiger partial charge is 0.0900 e. The lowest BCUT2D eigenvalue weighted by molar-refractivity contribution is 0.469. The summed E-state index contributed by atoms with van der Waals surface area (Å²) in [5.41, 5.74) is 4.10. The van der Waals surface area contributed by atoms with E-state index < -0.39 is 0 Å². The molecule has 0 spiro atoms. The van der Waals surface area contributed by atoms with Crippen LogP contribution in [0.15, 0.2) is 24.3 Å². The third-order valence-electron chi connectivity index (χ3n) is 3.85. The molecule has 2 N–H and O–H groups in total. The van der Waals surface area contributed by atoms with Gasteiger partial charge in [0.1, 0.15) is 0 Å². The van der Waals surface area contributed by atoms with Crippen LogP contribution in [0.2, 0.25) is 0 Å². The van der Waals surface area contributed by atoms with Crippen molar-refractivity contribution < 1.29 is 0 Å². The molecule has 0 saturated heterocycles. The van der Waals surface area contributed by atoms with Crippen LogP contribution in [0.25, 0.3) is 0 Å². The van der Waals surface area contributed by atoms with Crippen LogP contribution in [0.5, 0.6) is 0 Å². The van der Waals surface area contributed by atoms with E-state index in [1.54, 1.807) is 11.3 Å². The summed E-state index contributed by atoms with van der Waals surface area (Å²) < 4.78 is 0. The molecule has 0 fully saturated rings. The van der Waals surface area contributed by atoms with Crippen LogP contribution in [0, 0.1) is 13.8 Å². The van der Waals surface area contributed by atoms with E-state index in [1.807, 2.05) is 0 Å². The second kappa shape index (κ2) is 6.04. The Morgan fingerprint density at radius 2 is 2.20 bits per heavy atom. The van der Waals surface area contributed by atoms with Crippen LogP contribution in [-0.4, -0.2) is 18.1 Å². The summed E-state index contributed by atoms with van der Waals surface area (Å²) in [4.78, 5) is 5.83. The lowest BCUT2D eigenvalue weighted by atomic mass is 9.94. The minimum Gasteiger partial charge on any atom is -0.310 e. The van der Waals surface area contributed by atoms with Crippen LogP contribution >= 0.6 is 11.3 Å². The molecule has 0 bridgehead atoms. The number of nitrogens with one attached hydrogen (secondary N) is 2. The average Bonchev–Trinajstić information content (AvgIpc) is 2.77. The molecule has 20 heavy (non-hydrogen) atoms. The number of aryl methyl sites for hydroxylation is 2. The maximum absolute atomic E-state index is 4.48. The number of fused-ring (bicyclic) bond motifs is 1. The second-order valence-corrected chi connectivity index (χ2v) is 6.62. The molecule has 1 aromatic carbocycles. The Morgan fingerprint density at radius 3 is 3.00 bits per heavy atom. The third kappa shape index (κ3) is 2.92. The maximum Gasteiger partial charge on any atom is 0.0900 e. The Morgan fingerprint density at radius 1 is 1.35 bits per heavy atom. The van der Waals surface area contributed by atoms with Gasteiger partial charge in [-0.2, -0.15) is 0 Å². The highest BCUT2D eigenvalue weighted by molar-refractivity contribution is 7.11. The van der Waals surface area contributed by atoms with Crippen LogP contribution < -0.4 is 10.6 Å². The Hall–Kier alpha value is -1.23. The fourth-order valence-corrected chi connectivity index (χ4v) is 3.75. The van der Waals surface area contributed by atoms with Crippen LogP contribution in [0.3, 0.4) is 0 Å². The summed E-state index contributed by atoms with van der Waals surface area (Å²) in [6.45, 7) is 7.11. The van der Waals surface area contributed by atoms with Gasteiger partial charge in [0, 0.05) is 24.0 Å². The van der Waals surface area contributed by atoms with E-state index in [-0.39, 0.29) is 0 Å². The van der Waals surface area contributed by atoms with E-state index in [0.29, 0.717) is 6.04 Å². The Bertz CT molecular complexity index is 591. The normalized spacial score (nSPS) is 18.0. The van der Waals surface area contributed by atoms with Gasteiger partial charge in [0.15, 0.2) is 0 Å². The highest BCUT2D eigenvalue weighted by Gasteiger charge is 2.18. The molecule has 106 valence electrons. The summed E-state index contributed by atoms with van der Waals surface area (Å²) in [5, 5.41) is 8.33. The molecule has 1 atom stereocenters. The van der Waals surface area contributed by atoms with Gasteiger partial charge in [-0.25, -0.2) is 4.98 Å². The first-order valence-corrected chi connectivity index (χ1v) is 8.00. The molecular formula is C16H21N3S. The Kier molecular flexibility index (Phi) is 4.15. The van der Waals surface area contributed by atoms with Crippen molar-refractivity contribution in [2.75, 3.05) is 13.1 Å². The molecule has 1 aliphatic heterocycles. The number of hydrogen-bond acceptors (Lipinski definition) is 4. The molecule has 0 saturated carbocycles. The molecule has 3 rings (SSSR count). The van der Waals surface area contributed by atoms with Crippen LogP contribution in [0.1, 0.15) is 32.7 Å². The molecule has 1 unspecified atom stereocenters. The molecule has 1 aromatic heterocycles. The lowest BCUT2D eigenvalue weighted by Gasteiger charge is -2.27. The van der Waals surface area contributed by atoms with Crippen molar-refractivity contribution >= 4 is 11.3 Å². The van der Waals surface area contributed by atoms with Crippen molar-refractivity contribution in [3.8, 4) is 0 Å². The molecule has 2 aromatic rings. The third-order valence-corrected chi connectivity index (χ3v) is 4.92. The second-order valence-electron chi connectivity index (χ2n) is 5.33. The van der Waals surface area contributed by atoms with E-state index in [9.17, 15) is 0 Å². The quantitative estimate of drug-likeness (QED) is 0.908. The summed E-state index contributed by atoms with van der Waals surface area (Å²) in [6.07, 6.45) is 1.14. The van der Waals surface area contributed by atoms with Gasteiger partial charge in [-0.15, -0.1) is 11.3 Å². The van der Waals surface area contributed by atoms with E-state index in [0.717, 1.165) is 36.8 Å². The van der Waals surface area contributed by atoms with Gasteiger partial charge in [-0.1, -0.05) is 24.3 Å². The zero-order valence-electron chi connectivity index (χ0n) is 12.1. The fraction of sp³-hybridized carbons (Fsp3) is 0.438. The van der Waals surface area contributed by atoms with Crippen molar-refractivity contribution in [3.63, 3.8) is 0 Å². The van der Waals surface area contributed by atoms with Crippen LogP contribution in [0.4, 0.5) is 0 Å². The number of nitrogens with zero attached hydrogens (tertiary/aromatic N) is 1. The zero-order valence-corrected chi connectivity index (χ0v) is 12.9. The molecule has 2 heterocycles. The SMILES string of the molecule is Cc1nc(C)c(CNCC2NCCc3ccccc32)s1. The van der Waals surface area contributed by atoms with E-state index in [2.05, 4.69) is 53.7 Å². The molecule has 0 radical (unpaired) electrons. The average molecular weight is 287 g/mol. The number of thiazole rings is 1. The molecule has 1 aliphatic rings. The van der Waals surface area contributed by atoms with E-state index in [4.69, 9.17) is 0 Å². The largest absolute Gasteiger partial charge is 0.310 e. The maximum atomic E-state index is 4.48. The van der Waals surface area contributed by atoms with Gasteiger partial charge in [0.2, 0.25) is 0 Å². The first kappa shape index (κ1) is 13.7. The van der Waals surface area contributed by atoms with Gasteiger partial charge >= 0.3 is 0 Å². The minimum atomic E-state index is 0.425. The van der Waals surface area contributed by atoms with Gasteiger partial charge in [-0.05, 0) is 37.9 Å². The molecule has 0 aliphatic carbocycles. The summed E-state index contributed by atoms with van der Waals surface area (Å²) in [7, 11) is 0. The van der Waals surface area contributed by atoms with Gasteiger partial charge in [0.25, 0.3) is 0 Å². The van der Waals surface area contributed by atoms with E-state index >= 15 is 0 Å². The standard InChI is InChI=1S/C16H21N3S/c1-11-16(20-12(2)19-11)10-17-9-15-14-6-4-3-5-13(14)7-8-18-15/h3-6,15,17-18H,7-10H2,1-2H3. The van der Waals surface area contributed by atoms with Gasteiger partial charge in [0.05, 0.1) is 10.7 Å². The highest BCUT2D eigenvalue weighted by Crippen LogP contribution is 2.22. The van der Waals surface area contributed by atoms with Crippen molar-refractivity contribution in [2.24, 2.45) is 0 Å². The summed E-state index contributed by atoms with van der Waals surface area (Å²) in [6, 6.07) is 9.19. The lowest BCUT2D eigenvalue weighted by Crippen LogP contribution is -2.36. The van der Waals surface area contributed by atoms with Gasteiger partial charge in [-0.3, -0.25) is 0 Å². The first-order valence-electron chi connectivity index (χ1n) is 7.19. The molecular weight excluding hydrogens is 266 g/mol. The predicted molar refractivity (Wildman–Crippen MR) is 84.2 cm³/mol. The molecule has 0 amide bonds. The van der Waals surface area contributed by atoms with Crippen molar-refractivity contribution in [2.45, 2.75) is 32.9 Å². The Balaban J connectivity index is 1.61. The highest BCUT2D eigenvalue weighted by atomic mass is 32.1.